The molecule has 2 rings (SSSR count). The third-order valence-electron chi connectivity index (χ3n) is 3.37. The Balaban J connectivity index is 2.43. The van der Waals surface area contributed by atoms with E-state index in [0.717, 1.165) is 0 Å². The molecule has 0 atom stereocenters. The summed E-state index contributed by atoms with van der Waals surface area (Å²) >= 11 is 0. The molecule has 0 amide bonds. The van der Waals surface area contributed by atoms with E-state index in [0.29, 0.717) is 23.3 Å². The van der Waals surface area contributed by atoms with Crippen molar-refractivity contribution >= 4 is 5.78 Å². The summed E-state index contributed by atoms with van der Waals surface area (Å²) in [4.78, 5) is 12.2. The van der Waals surface area contributed by atoms with Crippen molar-refractivity contribution in [2.24, 2.45) is 0 Å². The third-order valence-corrected chi connectivity index (χ3v) is 3.37. The zero-order chi connectivity index (χ0) is 18.8. The average molecular weight is 356 g/mol. The standard InChI is InChI=1S/C18H10F6O/c1-2-11-4-3-5-12(6-11)7-16(25)13-8-14(17(19,20)21)10-15(9-13)18(22,23)24/h1,3-6,8-10H,7H2. The van der Waals surface area contributed by atoms with Gasteiger partial charge in [0.15, 0.2) is 5.78 Å². The number of benzene rings is 2. The summed E-state index contributed by atoms with van der Waals surface area (Å²) < 4.78 is 76.9. The van der Waals surface area contributed by atoms with E-state index in [9.17, 15) is 31.1 Å². The number of alkyl halides is 6. The molecule has 0 aliphatic heterocycles. The maximum Gasteiger partial charge on any atom is 0.416 e. The fourth-order valence-electron chi connectivity index (χ4n) is 2.17. The first kappa shape index (κ1) is 18.6. The lowest BCUT2D eigenvalue weighted by molar-refractivity contribution is -0.143. The van der Waals surface area contributed by atoms with Gasteiger partial charge in [-0.15, -0.1) is 6.42 Å². The first-order chi connectivity index (χ1) is 11.5. The van der Waals surface area contributed by atoms with Crippen LogP contribution in [0.4, 0.5) is 26.3 Å². The van der Waals surface area contributed by atoms with Gasteiger partial charge in [-0.1, -0.05) is 18.1 Å². The van der Waals surface area contributed by atoms with Crippen LogP contribution in [0.5, 0.6) is 0 Å². The highest BCUT2D eigenvalue weighted by atomic mass is 19.4. The van der Waals surface area contributed by atoms with Gasteiger partial charge >= 0.3 is 12.4 Å². The third kappa shape index (κ3) is 4.63. The number of halogens is 6. The largest absolute Gasteiger partial charge is 0.416 e. The molecule has 0 aliphatic rings. The van der Waals surface area contributed by atoms with Gasteiger partial charge in [0, 0.05) is 17.5 Å². The predicted octanol–water partition coefficient (Wildman–Crippen LogP) is 5.13. The van der Waals surface area contributed by atoms with Gasteiger partial charge < -0.3 is 0 Å². The number of carbonyl (C=O) groups excluding carboxylic acids is 1. The Morgan fingerprint density at radius 1 is 0.920 bits per heavy atom. The molecule has 1 nitrogen and oxygen atoms in total. The highest BCUT2D eigenvalue weighted by molar-refractivity contribution is 5.98. The van der Waals surface area contributed by atoms with Crippen molar-refractivity contribution in [2.75, 3.05) is 0 Å². The van der Waals surface area contributed by atoms with Gasteiger partial charge in [-0.2, -0.15) is 26.3 Å². The summed E-state index contributed by atoms with van der Waals surface area (Å²) in [6, 6.07) is 6.93. The van der Waals surface area contributed by atoms with Crippen LogP contribution < -0.4 is 0 Å². The van der Waals surface area contributed by atoms with Gasteiger partial charge in [0.2, 0.25) is 0 Å². The lowest BCUT2D eigenvalue weighted by atomic mass is 9.97. The van der Waals surface area contributed by atoms with E-state index in [4.69, 9.17) is 6.42 Å². The van der Waals surface area contributed by atoms with Crippen LogP contribution in [0.2, 0.25) is 0 Å². The number of hydrogen-bond donors (Lipinski definition) is 0. The lowest BCUT2D eigenvalue weighted by Gasteiger charge is -2.14. The SMILES string of the molecule is C#Cc1cccc(CC(=O)c2cc(C(F)(F)F)cc(C(F)(F)F)c2)c1. The van der Waals surface area contributed by atoms with Gasteiger partial charge in [0.05, 0.1) is 11.1 Å². The van der Waals surface area contributed by atoms with Crippen LogP contribution in [0.15, 0.2) is 42.5 Å². The highest BCUT2D eigenvalue weighted by Crippen LogP contribution is 2.36. The molecule has 0 spiro atoms. The molecule has 7 heteroatoms. The van der Waals surface area contributed by atoms with Crippen LogP contribution in [-0.4, -0.2) is 5.78 Å². The van der Waals surface area contributed by atoms with Crippen LogP contribution in [-0.2, 0) is 18.8 Å². The average Bonchev–Trinajstić information content (AvgIpc) is 2.53. The molecule has 2 aromatic carbocycles. The zero-order valence-corrected chi connectivity index (χ0v) is 12.5. The molecule has 0 aromatic heterocycles. The molecule has 0 saturated carbocycles. The van der Waals surface area contributed by atoms with E-state index in [2.05, 4.69) is 5.92 Å². The molecule has 0 aliphatic carbocycles. The summed E-state index contributed by atoms with van der Waals surface area (Å²) in [6.07, 6.45) is -5.16. The molecule has 0 fully saturated rings. The molecular weight excluding hydrogens is 346 g/mol. The van der Waals surface area contributed by atoms with Gasteiger partial charge in [-0.25, -0.2) is 0 Å². The Labute approximate surface area is 139 Å². The second-order valence-corrected chi connectivity index (χ2v) is 5.24. The Bertz CT molecular complexity index is 808. The van der Waals surface area contributed by atoms with Gasteiger partial charge in [0.25, 0.3) is 0 Å². The van der Waals surface area contributed by atoms with Crippen LogP contribution in [0, 0.1) is 12.3 Å². The molecular formula is C18H10F6O. The molecule has 25 heavy (non-hydrogen) atoms. The van der Waals surface area contributed by atoms with Crippen molar-refractivity contribution in [3.05, 3.63) is 70.3 Å². The first-order valence-corrected chi connectivity index (χ1v) is 6.89. The van der Waals surface area contributed by atoms with Gasteiger partial charge in [0.1, 0.15) is 0 Å². The van der Waals surface area contributed by atoms with E-state index >= 15 is 0 Å². The molecule has 0 heterocycles. The molecule has 0 unspecified atom stereocenters. The summed E-state index contributed by atoms with van der Waals surface area (Å²) in [6.45, 7) is 0. The number of rotatable bonds is 3. The van der Waals surface area contributed by atoms with Crippen LogP contribution in [0.3, 0.4) is 0 Å². The van der Waals surface area contributed by atoms with Crippen LogP contribution >= 0.6 is 0 Å². The van der Waals surface area contributed by atoms with Crippen LogP contribution in [0.1, 0.15) is 32.6 Å². The van der Waals surface area contributed by atoms with Crippen molar-refractivity contribution < 1.29 is 31.1 Å². The normalized spacial score (nSPS) is 11.9. The zero-order valence-electron chi connectivity index (χ0n) is 12.5. The number of terminal acetylenes is 1. The monoisotopic (exact) mass is 356 g/mol. The maximum atomic E-state index is 12.8. The lowest BCUT2D eigenvalue weighted by Crippen LogP contribution is -2.14. The number of ketones is 1. The summed E-state index contributed by atoms with van der Waals surface area (Å²) in [5.41, 5.74) is -2.86. The second kappa shape index (κ2) is 6.63. The van der Waals surface area contributed by atoms with Crippen molar-refractivity contribution in [3.8, 4) is 12.3 Å². The Hall–Kier alpha value is -2.75. The maximum absolute atomic E-state index is 12.8. The molecule has 0 N–H and O–H groups in total. The molecule has 0 bridgehead atoms. The van der Waals surface area contributed by atoms with Crippen molar-refractivity contribution in [2.45, 2.75) is 18.8 Å². The van der Waals surface area contributed by atoms with Gasteiger partial charge in [-0.05, 0) is 35.9 Å². The van der Waals surface area contributed by atoms with E-state index in [1.807, 2.05) is 0 Å². The molecule has 0 radical (unpaired) electrons. The van der Waals surface area contributed by atoms with E-state index in [1.165, 1.54) is 12.1 Å². The number of hydrogen-bond acceptors (Lipinski definition) is 1. The Morgan fingerprint density at radius 2 is 1.48 bits per heavy atom. The van der Waals surface area contributed by atoms with Crippen molar-refractivity contribution in [3.63, 3.8) is 0 Å². The number of Topliss-reactive ketones (excluding diaryl/α,β-unsaturated/α-hetero) is 1. The second-order valence-electron chi connectivity index (χ2n) is 5.24. The highest BCUT2D eigenvalue weighted by Gasteiger charge is 2.37. The fraction of sp³-hybridized carbons (Fsp3) is 0.167. The number of carbonyl (C=O) groups is 1. The molecule has 0 saturated heterocycles. The molecule has 2 aromatic rings. The summed E-state index contributed by atoms with van der Waals surface area (Å²) in [7, 11) is 0. The predicted molar refractivity (Wildman–Crippen MR) is 78.9 cm³/mol. The van der Waals surface area contributed by atoms with Crippen molar-refractivity contribution in [1.29, 1.82) is 0 Å². The quantitative estimate of drug-likeness (QED) is 0.423. The van der Waals surface area contributed by atoms with Gasteiger partial charge in [-0.3, -0.25) is 4.79 Å². The topological polar surface area (TPSA) is 17.1 Å². The Kier molecular flexibility index (Phi) is 4.93. The minimum absolute atomic E-state index is 0.0181. The van der Waals surface area contributed by atoms with Crippen LogP contribution in [0.25, 0.3) is 0 Å². The smallest absolute Gasteiger partial charge is 0.294 e. The minimum atomic E-state index is -5.00. The summed E-state index contributed by atoms with van der Waals surface area (Å²) in [5, 5.41) is 0. The Morgan fingerprint density at radius 3 is 1.96 bits per heavy atom. The van der Waals surface area contributed by atoms with E-state index in [-0.39, 0.29) is 12.5 Å². The molecule has 130 valence electrons. The fourth-order valence-corrected chi connectivity index (χ4v) is 2.17. The minimum Gasteiger partial charge on any atom is -0.294 e. The summed E-state index contributed by atoms with van der Waals surface area (Å²) in [5.74, 6) is 1.46. The van der Waals surface area contributed by atoms with E-state index in [1.54, 1.807) is 12.1 Å². The van der Waals surface area contributed by atoms with Crippen molar-refractivity contribution in [1.82, 2.24) is 0 Å². The first-order valence-electron chi connectivity index (χ1n) is 6.89. The van der Waals surface area contributed by atoms with E-state index < -0.39 is 34.8 Å².